The van der Waals surface area contributed by atoms with E-state index in [2.05, 4.69) is 15.9 Å². The van der Waals surface area contributed by atoms with E-state index < -0.39 is 0 Å². The largest absolute Gasteiger partial charge is 0.457 e. The first kappa shape index (κ1) is 12.1. The van der Waals surface area contributed by atoms with Crippen LogP contribution < -0.4 is 4.74 Å². The highest BCUT2D eigenvalue weighted by molar-refractivity contribution is 9.10. The zero-order chi connectivity index (χ0) is 12.3. The average molecular weight is 312 g/mol. The Kier molecular flexibility index (Phi) is 3.82. The van der Waals surface area contributed by atoms with Crippen molar-refractivity contribution in [3.63, 3.8) is 0 Å². The molecule has 2 aromatic carbocycles. The van der Waals surface area contributed by atoms with Gasteiger partial charge in [0, 0.05) is 16.1 Å². The molecule has 2 nitrogen and oxygen atoms in total. The number of ether oxygens (including phenoxy) is 1. The van der Waals surface area contributed by atoms with Crippen molar-refractivity contribution >= 4 is 33.8 Å². The summed E-state index contributed by atoms with van der Waals surface area (Å²) in [5, 5.41) is 0.382. The van der Waals surface area contributed by atoms with Gasteiger partial charge in [-0.1, -0.05) is 33.6 Å². The third kappa shape index (κ3) is 3.08. The number of rotatable bonds is 3. The summed E-state index contributed by atoms with van der Waals surface area (Å²) < 4.78 is 6.54. The Bertz CT molecular complexity index is 555. The van der Waals surface area contributed by atoms with Gasteiger partial charge in [-0.2, -0.15) is 0 Å². The molecule has 0 unspecified atom stereocenters. The van der Waals surface area contributed by atoms with E-state index in [1.165, 1.54) is 0 Å². The predicted octanol–water partition coefficient (Wildman–Crippen LogP) is 4.71. The SMILES string of the molecule is O=Cc1ccc(Oc2cccc(Br)c2)cc1Cl. The molecule has 0 N–H and O–H groups in total. The van der Waals surface area contributed by atoms with E-state index in [4.69, 9.17) is 16.3 Å². The molecule has 0 saturated heterocycles. The van der Waals surface area contributed by atoms with Crippen LogP contribution in [0.3, 0.4) is 0 Å². The summed E-state index contributed by atoms with van der Waals surface area (Å²) >= 11 is 9.27. The van der Waals surface area contributed by atoms with E-state index in [-0.39, 0.29) is 0 Å². The zero-order valence-electron chi connectivity index (χ0n) is 8.69. The smallest absolute Gasteiger partial charge is 0.151 e. The van der Waals surface area contributed by atoms with Crippen LogP contribution in [0.5, 0.6) is 11.5 Å². The van der Waals surface area contributed by atoms with E-state index in [1.807, 2.05) is 24.3 Å². The van der Waals surface area contributed by atoms with Crippen LogP contribution in [-0.2, 0) is 0 Å². The Morgan fingerprint density at radius 2 is 1.88 bits per heavy atom. The van der Waals surface area contributed by atoms with Gasteiger partial charge >= 0.3 is 0 Å². The molecular weight excluding hydrogens is 303 g/mol. The van der Waals surface area contributed by atoms with Crippen LogP contribution in [0.1, 0.15) is 10.4 Å². The Labute approximate surface area is 112 Å². The molecule has 0 aromatic heterocycles. The third-order valence-electron chi connectivity index (χ3n) is 2.13. The minimum atomic E-state index is 0.382. The van der Waals surface area contributed by atoms with Gasteiger partial charge in [0.25, 0.3) is 0 Å². The quantitative estimate of drug-likeness (QED) is 0.768. The van der Waals surface area contributed by atoms with Crippen molar-refractivity contribution in [2.45, 2.75) is 0 Å². The topological polar surface area (TPSA) is 26.3 Å². The second-order valence-electron chi connectivity index (χ2n) is 3.36. The van der Waals surface area contributed by atoms with Gasteiger partial charge in [-0.05, 0) is 30.3 Å². The maximum atomic E-state index is 10.6. The van der Waals surface area contributed by atoms with Gasteiger partial charge in [0.05, 0.1) is 5.02 Å². The summed E-state index contributed by atoms with van der Waals surface area (Å²) in [6.45, 7) is 0. The molecule has 0 fully saturated rings. The van der Waals surface area contributed by atoms with Gasteiger partial charge in [0.1, 0.15) is 11.5 Å². The van der Waals surface area contributed by atoms with Crippen molar-refractivity contribution < 1.29 is 9.53 Å². The molecular formula is C13H8BrClO2. The third-order valence-corrected chi connectivity index (χ3v) is 2.95. The number of benzene rings is 2. The zero-order valence-corrected chi connectivity index (χ0v) is 11.0. The highest BCUT2D eigenvalue weighted by Crippen LogP contribution is 2.27. The van der Waals surface area contributed by atoms with Gasteiger partial charge in [0.2, 0.25) is 0 Å². The minimum Gasteiger partial charge on any atom is -0.457 e. The van der Waals surface area contributed by atoms with E-state index in [9.17, 15) is 4.79 Å². The molecule has 0 heterocycles. The number of hydrogen-bond donors (Lipinski definition) is 0. The lowest BCUT2D eigenvalue weighted by molar-refractivity contribution is 0.112. The van der Waals surface area contributed by atoms with Crippen LogP contribution >= 0.6 is 27.5 Å². The fraction of sp³-hybridized carbons (Fsp3) is 0. The summed E-state index contributed by atoms with van der Waals surface area (Å²) in [5.74, 6) is 1.30. The second-order valence-corrected chi connectivity index (χ2v) is 4.68. The maximum absolute atomic E-state index is 10.6. The maximum Gasteiger partial charge on any atom is 0.151 e. The van der Waals surface area contributed by atoms with Gasteiger partial charge in [-0.15, -0.1) is 0 Å². The summed E-state index contributed by atoms with van der Waals surface area (Å²) in [6.07, 6.45) is 0.714. The van der Waals surface area contributed by atoms with Crippen molar-refractivity contribution in [3.05, 3.63) is 57.5 Å². The molecule has 0 aliphatic heterocycles. The lowest BCUT2D eigenvalue weighted by Crippen LogP contribution is -1.86. The molecule has 0 aliphatic rings. The van der Waals surface area contributed by atoms with Crippen molar-refractivity contribution in [2.75, 3.05) is 0 Å². The Balaban J connectivity index is 2.24. The summed E-state index contributed by atoms with van der Waals surface area (Å²) in [4.78, 5) is 10.6. The number of halogens is 2. The van der Waals surface area contributed by atoms with Crippen LogP contribution in [0.25, 0.3) is 0 Å². The van der Waals surface area contributed by atoms with Gasteiger partial charge < -0.3 is 4.74 Å². The van der Waals surface area contributed by atoms with E-state index in [0.717, 1.165) is 4.47 Å². The predicted molar refractivity (Wildman–Crippen MR) is 71.1 cm³/mol. The van der Waals surface area contributed by atoms with E-state index >= 15 is 0 Å². The van der Waals surface area contributed by atoms with E-state index in [0.29, 0.717) is 28.4 Å². The Morgan fingerprint density at radius 1 is 1.12 bits per heavy atom. The molecule has 0 aliphatic carbocycles. The number of carbonyl (C=O) groups is 1. The Hall–Kier alpha value is -1.32. The first-order chi connectivity index (χ1) is 8.19. The van der Waals surface area contributed by atoms with E-state index in [1.54, 1.807) is 18.2 Å². The average Bonchev–Trinajstić information content (AvgIpc) is 2.29. The molecule has 2 rings (SSSR count). The van der Waals surface area contributed by atoms with Crippen LogP contribution in [0, 0.1) is 0 Å². The summed E-state index contributed by atoms with van der Waals surface area (Å²) in [7, 11) is 0. The number of aldehydes is 1. The lowest BCUT2D eigenvalue weighted by Gasteiger charge is -2.06. The molecule has 2 aromatic rings. The summed E-state index contributed by atoms with van der Waals surface area (Å²) in [6, 6.07) is 12.4. The molecule has 0 bridgehead atoms. The van der Waals surface area contributed by atoms with Crippen molar-refractivity contribution in [1.29, 1.82) is 0 Å². The van der Waals surface area contributed by atoms with Crippen LogP contribution in [0.15, 0.2) is 46.9 Å². The molecule has 0 atom stereocenters. The van der Waals surface area contributed by atoms with Crippen LogP contribution in [-0.4, -0.2) is 6.29 Å². The highest BCUT2D eigenvalue weighted by Gasteiger charge is 2.03. The van der Waals surface area contributed by atoms with Crippen molar-refractivity contribution in [1.82, 2.24) is 0 Å². The van der Waals surface area contributed by atoms with Crippen molar-refractivity contribution in [3.8, 4) is 11.5 Å². The summed E-state index contributed by atoms with van der Waals surface area (Å²) in [5.41, 5.74) is 0.452. The van der Waals surface area contributed by atoms with Crippen LogP contribution in [0.4, 0.5) is 0 Å². The fourth-order valence-electron chi connectivity index (χ4n) is 1.33. The number of hydrogen-bond acceptors (Lipinski definition) is 2. The van der Waals surface area contributed by atoms with Gasteiger partial charge in [-0.25, -0.2) is 0 Å². The highest BCUT2D eigenvalue weighted by atomic mass is 79.9. The monoisotopic (exact) mass is 310 g/mol. The molecule has 17 heavy (non-hydrogen) atoms. The second kappa shape index (κ2) is 5.34. The fourth-order valence-corrected chi connectivity index (χ4v) is 1.93. The van der Waals surface area contributed by atoms with Crippen molar-refractivity contribution in [2.24, 2.45) is 0 Å². The Morgan fingerprint density at radius 3 is 2.53 bits per heavy atom. The molecule has 0 saturated carbocycles. The lowest BCUT2D eigenvalue weighted by atomic mass is 10.2. The molecule has 0 radical (unpaired) electrons. The minimum absolute atomic E-state index is 0.382. The molecule has 86 valence electrons. The normalized spacial score (nSPS) is 10.0. The first-order valence-corrected chi connectivity index (χ1v) is 6.04. The first-order valence-electron chi connectivity index (χ1n) is 4.87. The standard InChI is InChI=1S/C13H8BrClO2/c14-10-2-1-3-11(6-10)17-12-5-4-9(8-16)13(15)7-12/h1-8H. The number of carbonyl (C=O) groups excluding carboxylic acids is 1. The van der Waals surface area contributed by atoms with Gasteiger partial charge in [0.15, 0.2) is 6.29 Å². The molecule has 4 heteroatoms. The molecule has 0 amide bonds. The molecule has 0 spiro atoms. The van der Waals surface area contributed by atoms with Gasteiger partial charge in [-0.3, -0.25) is 4.79 Å². The van der Waals surface area contributed by atoms with Crippen LogP contribution in [0.2, 0.25) is 5.02 Å².